The number of hydrogen-bond acceptors (Lipinski definition) is 2. The first-order valence-corrected chi connectivity index (χ1v) is 8.74. The van der Waals surface area contributed by atoms with E-state index >= 15 is 0 Å². The number of rotatable bonds is 6. The molecular weight excluding hydrogens is 288 g/mol. The van der Waals surface area contributed by atoms with Gasteiger partial charge in [0.05, 0.1) is 0 Å². The van der Waals surface area contributed by atoms with Crippen molar-refractivity contribution in [2.75, 3.05) is 19.6 Å². The molecule has 1 saturated heterocycles. The van der Waals surface area contributed by atoms with Crippen LogP contribution in [0.1, 0.15) is 67.8 Å². The first-order valence-electron chi connectivity index (χ1n) is 8.74. The van der Waals surface area contributed by atoms with Crippen molar-refractivity contribution in [2.45, 2.75) is 51.9 Å². The van der Waals surface area contributed by atoms with E-state index in [1.807, 2.05) is 29.2 Å². The van der Waals surface area contributed by atoms with Gasteiger partial charge in [-0.1, -0.05) is 32.4 Å². The minimum atomic E-state index is -0.0394. The quantitative estimate of drug-likeness (QED) is 0.818. The van der Waals surface area contributed by atoms with E-state index in [9.17, 15) is 9.59 Å². The van der Waals surface area contributed by atoms with Crippen LogP contribution in [-0.4, -0.2) is 36.3 Å². The number of carbonyl (C=O) groups is 2. The van der Waals surface area contributed by atoms with Crippen LogP contribution in [0.5, 0.6) is 0 Å². The van der Waals surface area contributed by atoms with Crippen LogP contribution < -0.4 is 5.32 Å². The molecule has 1 aromatic carbocycles. The van der Waals surface area contributed by atoms with Gasteiger partial charge in [0, 0.05) is 31.6 Å². The molecule has 126 valence electrons. The smallest absolute Gasteiger partial charge is 0.251 e. The third-order valence-corrected chi connectivity index (χ3v) is 4.40. The Morgan fingerprint density at radius 2 is 1.91 bits per heavy atom. The summed E-state index contributed by atoms with van der Waals surface area (Å²) >= 11 is 0. The van der Waals surface area contributed by atoms with Crippen molar-refractivity contribution in [3.8, 4) is 0 Å². The molecular formula is C19H28N2O2. The summed E-state index contributed by atoms with van der Waals surface area (Å²) in [6.45, 7) is 6.49. The summed E-state index contributed by atoms with van der Waals surface area (Å²) in [5, 5.41) is 2.94. The van der Waals surface area contributed by atoms with Crippen molar-refractivity contribution in [1.82, 2.24) is 10.2 Å². The molecule has 1 heterocycles. The highest BCUT2D eigenvalue weighted by Crippen LogP contribution is 2.14. The fourth-order valence-corrected chi connectivity index (χ4v) is 2.87. The normalized spacial score (nSPS) is 15.6. The molecule has 4 nitrogen and oxygen atoms in total. The van der Waals surface area contributed by atoms with Crippen LogP contribution in [0.4, 0.5) is 0 Å². The van der Waals surface area contributed by atoms with E-state index in [0.29, 0.717) is 24.4 Å². The molecule has 0 aromatic heterocycles. The number of benzene rings is 1. The molecule has 1 aliphatic rings. The van der Waals surface area contributed by atoms with Gasteiger partial charge in [0.2, 0.25) is 5.91 Å². The van der Waals surface area contributed by atoms with Gasteiger partial charge in [-0.3, -0.25) is 9.59 Å². The lowest BCUT2D eigenvalue weighted by Gasteiger charge is -2.20. The number of amides is 2. The summed E-state index contributed by atoms with van der Waals surface area (Å²) in [6, 6.07) is 7.77. The largest absolute Gasteiger partial charge is 0.352 e. The van der Waals surface area contributed by atoms with E-state index < -0.39 is 0 Å². The highest BCUT2D eigenvalue weighted by molar-refractivity contribution is 5.94. The molecule has 0 unspecified atom stereocenters. The Kier molecular flexibility index (Phi) is 6.63. The van der Waals surface area contributed by atoms with Gasteiger partial charge in [0.25, 0.3) is 5.91 Å². The van der Waals surface area contributed by atoms with Gasteiger partial charge in [-0.25, -0.2) is 0 Å². The Balaban J connectivity index is 1.73. The fourth-order valence-electron chi connectivity index (χ4n) is 2.87. The monoisotopic (exact) mass is 316 g/mol. The van der Waals surface area contributed by atoms with Crippen molar-refractivity contribution >= 4 is 11.8 Å². The number of nitrogens with one attached hydrogen (secondary N) is 1. The number of hydrogen-bond donors (Lipinski definition) is 1. The predicted molar refractivity (Wildman–Crippen MR) is 92.5 cm³/mol. The Bertz CT molecular complexity index is 523. The average Bonchev–Trinajstić information content (AvgIpc) is 2.76. The van der Waals surface area contributed by atoms with E-state index in [1.54, 1.807) is 0 Å². The molecule has 2 amide bonds. The third-order valence-electron chi connectivity index (χ3n) is 4.40. The molecule has 0 radical (unpaired) electrons. The average molecular weight is 316 g/mol. The van der Waals surface area contributed by atoms with Gasteiger partial charge in [-0.2, -0.15) is 0 Å². The molecule has 23 heavy (non-hydrogen) atoms. The minimum absolute atomic E-state index is 0.0394. The molecule has 0 bridgehead atoms. The van der Waals surface area contributed by atoms with Gasteiger partial charge in [0.1, 0.15) is 0 Å². The van der Waals surface area contributed by atoms with Crippen molar-refractivity contribution in [2.24, 2.45) is 0 Å². The van der Waals surface area contributed by atoms with E-state index in [4.69, 9.17) is 0 Å². The van der Waals surface area contributed by atoms with Crippen LogP contribution in [-0.2, 0) is 4.79 Å². The van der Waals surface area contributed by atoms with Crippen molar-refractivity contribution in [3.05, 3.63) is 35.4 Å². The Morgan fingerprint density at radius 3 is 2.61 bits per heavy atom. The highest BCUT2D eigenvalue weighted by Gasteiger charge is 2.15. The predicted octanol–water partition coefficient (Wildman–Crippen LogP) is 3.33. The SMILES string of the molecule is CC(C)c1ccc(C(=O)NCCCN2CCCCCC2=O)cc1. The van der Waals surface area contributed by atoms with Crippen LogP contribution in [0.25, 0.3) is 0 Å². The summed E-state index contributed by atoms with van der Waals surface area (Å²) in [5.74, 6) is 0.693. The van der Waals surface area contributed by atoms with Crippen LogP contribution >= 0.6 is 0 Å². The Labute approximate surface area is 139 Å². The van der Waals surface area contributed by atoms with Gasteiger partial charge in [-0.05, 0) is 42.9 Å². The lowest BCUT2D eigenvalue weighted by atomic mass is 10.0. The summed E-state index contributed by atoms with van der Waals surface area (Å²) in [6.07, 6.45) is 4.74. The van der Waals surface area contributed by atoms with Crippen molar-refractivity contribution < 1.29 is 9.59 Å². The maximum Gasteiger partial charge on any atom is 0.251 e. The lowest BCUT2D eigenvalue weighted by Crippen LogP contribution is -2.34. The molecule has 1 N–H and O–H groups in total. The summed E-state index contributed by atoms with van der Waals surface area (Å²) in [7, 11) is 0. The van der Waals surface area contributed by atoms with Crippen LogP contribution in [0.15, 0.2) is 24.3 Å². The first-order chi connectivity index (χ1) is 11.1. The molecule has 2 rings (SSSR count). The third kappa shape index (κ3) is 5.38. The number of nitrogens with zero attached hydrogens (tertiary/aromatic N) is 1. The van der Waals surface area contributed by atoms with Gasteiger partial charge in [0.15, 0.2) is 0 Å². The zero-order chi connectivity index (χ0) is 16.7. The minimum Gasteiger partial charge on any atom is -0.352 e. The van der Waals surface area contributed by atoms with Crippen molar-refractivity contribution in [1.29, 1.82) is 0 Å². The first kappa shape index (κ1) is 17.5. The van der Waals surface area contributed by atoms with Crippen molar-refractivity contribution in [3.63, 3.8) is 0 Å². The van der Waals surface area contributed by atoms with Crippen LogP contribution in [0.2, 0.25) is 0 Å². The maximum absolute atomic E-state index is 12.1. The van der Waals surface area contributed by atoms with Crippen LogP contribution in [0.3, 0.4) is 0 Å². The zero-order valence-electron chi connectivity index (χ0n) is 14.3. The lowest BCUT2D eigenvalue weighted by molar-refractivity contribution is -0.130. The molecule has 0 aliphatic carbocycles. The zero-order valence-corrected chi connectivity index (χ0v) is 14.3. The summed E-state index contributed by atoms with van der Waals surface area (Å²) in [5.41, 5.74) is 1.93. The van der Waals surface area contributed by atoms with E-state index in [1.165, 1.54) is 5.56 Å². The molecule has 1 aliphatic heterocycles. The molecule has 4 heteroatoms. The van der Waals surface area contributed by atoms with Gasteiger partial charge >= 0.3 is 0 Å². The summed E-state index contributed by atoms with van der Waals surface area (Å²) < 4.78 is 0. The molecule has 1 aromatic rings. The topological polar surface area (TPSA) is 49.4 Å². The standard InChI is InChI=1S/C19H28N2O2/c1-15(2)16-8-10-17(11-9-16)19(23)20-12-6-14-21-13-5-3-4-7-18(21)22/h8-11,15H,3-7,12-14H2,1-2H3,(H,20,23). The second-order valence-electron chi connectivity index (χ2n) is 6.58. The molecule has 0 atom stereocenters. The van der Waals surface area contributed by atoms with Crippen LogP contribution in [0, 0.1) is 0 Å². The second-order valence-corrected chi connectivity index (χ2v) is 6.58. The summed E-state index contributed by atoms with van der Waals surface area (Å²) in [4.78, 5) is 25.9. The van der Waals surface area contributed by atoms with E-state index in [0.717, 1.165) is 38.8 Å². The van der Waals surface area contributed by atoms with E-state index in [2.05, 4.69) is 19.2 Å². The maximum atomic E-state index is 12.1. The Morgan fingerprint density at radius 1 is 1.17 bits per heavy atom. The Hall–Kier alpha value is -1.84. The van der Waals surface area contributed by atoms with Gasteiger partial charge in [-0.15, -0.1) is 0 Å². The fraction of sp³-hybridized carbons (Fsp3) is 0.579. The molecule has 1 fully saturated rings. The number of likely N-dealkylation sites (tertiary alicyclic amines) is 1. The van der Waals surface area contributed by atoms with Gasteiger partial charge < -0.3 is 10.2 Å². The molecule has 0 saturated carbocycles. The van der Waals surface area contributed by atoms with E-state index in [-0.39, 0.29) is 11.8 Å². The second kappa shape index (κ2) is 8.70. The highest BCUT2D eigenvalue weighted by atomic mass is 16.2. The number of carbonyl (C=O) groups excluding carboxylic acids is 2. The molecule has 0 spiro atoms.